The lowest BCUT2D eigenvalue weighted by Gasteiger charge is -2.23. The first-order chi connectivity index (χ1) is 14.9. The molecule has 1 saturated carbocycles. The molecule has 0 amide bonds. The van der Waals surface area contributed by atoms with Crippen molar-refractivity contribution in [3.63, 3.8) is 0 Å². The first-order valence-electron chi connectivity index (χ1n) is 11.0. The molecule has 1 aliphatic carbocycles. The number of aryl methyl sites for hydroxylation is 1. The minimum atomic E-state index is -1.08. The van der Waals surface area contributed by atoms with Crippen molar-refractivity contribution in [3.8, 4) is 0 Å². The van der Waals surface area contributed by atoms with Gasteiger partial charge in [0.1, 0.15) is 16.8 Å². The molecule has 31 heavy (non-hydrogen) atoms. The standard InChI is InChI=1S/C21H30N4O6/c1-4-11-24-16-15(17(27)25(12-5-2)20(24)29)22-18(23-16)21(9-7-8-10-21)19(28)31-13-14(26)30-6-3/h4-13H2,1-3H3,(H,22,23). The van der Waals surface area contributed by atoms with E-state index >= 15 is 0 Å². The summed E-state index contributed by atoms with van der Waals surface area (Å²) in [7, 11) is 0. The van der Waals surface area contributed by atoms with E-state index < -0.39 is 35.2 Å². The zero-order chi connectivity index (χ0) is 22.6. The maximum Gasteiger partial charge on any atom is 0.344 e. The van der Waals surface area contributed by atoms with Gasteiger partial charge in [-0.3, -0.25) is 18.7 Å². The van der Waals surface area contributed by atoms with Crippen LogP contribution >= 0.6 is 0 Å². The Morgan fingerprint density at radius 2 is 1.68 bits per heavy atom. The van der Waals surface area contributed by atoms with Gasteiger partial charge in [0, 0.05) is 13.1 Å². The Kier molecular flexibility index (Phi) is 6.97. The molecule has 0 atom stereocenters. The molecule has 0 aromatic carbocycles. The third-order valence-electron chi connectivity index (χ3n) is 5.68. The van der Waals surface area contributed by atoms with Crippen molar-refractivity contribution in [1.82, 2.24) is 19.1 Å². The highest BCUT2D eigenvalue weighted by atomic mass is 16.6. The number of carbonyl (C=O) groups is 2. The second kappa shape index (κ2) is 9.49. The molecule has 2 heterocycles. The number of aromatic nitrogens is 4. The van der Waals surface area contributed by atoms with Crippen molar-refractivity contribution >= 4 is 23.1 Å². The largest absolute Gasteiger partial charge is 0.463 e. The molecule has 170 valence electrons. The molecular weight excluding hydrogens is 404 g/mol. The van der Waals surface area contributed by atoms with Gasteiger partial charge >= 0.3 is 17.6 Å². The number of hydrogen-bond acceptors (Lipinski definition) is 7. The van der Waals surface area contributed by atoms with Gasteiger partial charge in [-0.25, -0.2) is 14.6 Å². The Hall–Kier alpha value is -2.91. The van der Waals surface area contributed by atoms with E-state index in [0.717, 1.165) is 12.8 Å². The Morgan fingerprint density at radius 1 is 1.03 bits per heavy atom. The number of aromatic amines is 1. The summed E-state index contributed by atoms with van der Waals surface area (Å²) in [6.45, 7) is 5.94. The lowest BCUT2D eigenvalue weighted by atomic mass is 9.85. The van der Waals surface area contributed by atoms with Gasteiger partial charge in [0.05, 0.1) is 6.61 Å². The van der Waals surface area contributed by atoms with Gasteiger partial charge in [-0.05, 0) is 32.6 Å². The number of esters is 2. The topological polar surface area (TPSA) is 125 Å². The summed E-state index contributed by atoms with van der Waals surface area (Å²) in [5, 5.41) is 0. The molecule has 10 nitrogen and oxygen atoms in total. The van der Waals surface area contributed by atoms with E-state index in [1.54, 1.807) is 6.92 Å². The number of fused-ring (bicyclic) bond motifs is 1. The summed E-state index contributed by atoms with van der Waals surface area (Å²) in [4.78, 5) is 58.2. The van der Waals surface area contributed by atoms with Crippen LogP contribution in [0.1, 0.15) is 65.1 Å². The van der Waals surface area contributed by atoms with Gasteiger partial charge in [0.25, 0.3) is 5.56 Å². The molecule has 2 aromatic heterocycles. The number of hydrogen-bond donors (Lipinski definition) is 1. The molecule has 0 spiro atoms. The fourth-order valence-electron chi connectivity index (χ4n) is 4.22. The van der Waals surface area contributed by atoms with Crippen LogP contribution in [-0.4, -0.2) is 44.3 Å². The van der Waals surface area contributed by atoms with E-state index in [-0.39, 0.29) is 17.8 Å². The van der Waals surface area contributed by atoms with Gasteiger partial charge in [-0.15, -0.1) is 0 Å². The smallest absolute Gasteiger partial charge is 0.344 e. The fourth-order valence-corrected chi connectivity index (χ4v) is 4.22. The summed E-state index contributed by atoms with van der Waals surface area (Å²) in [6, 6.07) is 0. The predicted molar refractivity (Wildman–Crippen MR) is 113 cm³/mol. The van der Waals surface area contributed by atoms with E-state index in [9.17, 15) is 19.2 Å². The van der Waals surface area contributed by atoms with E-state index in [2.05, 4.69) is 9.97 Å². The molecule has 1 aliphatic rings. The molecule has 0 saturated heterocycles. The number of H-pyrrole nitrogens is 1. The van der Waals surface area contributed by atoms with Gasteiger partial charge in [-0.2, -0.15) is 0 Å². The molecule has 1 N–H and O–H groups in total. The van der Waals surface area contributed by atoms with Crippen LogP contribution in [0.25, 0.3) is 11.2 Å². The van der Waals surface area contributed by atoms with Crippen molar-refractivity contribution in [1.29, 1.82) is 0 Å². The van der Waals surface area contributed by atoms with Crippen molar-refractivity contribution in [2.45, 2.75) is 77.8 Å². The molecule has 0 radical (unpaired) electrons. The second-order valence-corrected chi connectivity index (χ2v) is 7.85. The Balaban J connectivity index is 2.09. The first-order valence-corrected chi connectivity index (χ1v) is 11.0. The van der Waals surface area contributed by atoms with Crippen molar-refractivity contribution in [2.24, 2.45) is 0 Å². The highest BCUT2D eigenvalue weighted by Gasteiger charge is 2.47. The SMILES string of the molecule is CCCn1c(=O)c2[nH]c(C3(C(=O)OCC(=O)OCC)CCCC3)nc2n(CCC)c1=O. The predicted octanol–water partition coefficient (Wildman–Crippen LogP) is 1.62. The van der Waals surface area contributed by atoms with E-state index in [0.29, 0.717) is 44.6 Å². The molecule has 2 aromatic rings. The summed E-state index contributed by atoms with van der Waals surface area (Å²) in [5.74, 6) is -0.882. The third-order valence-corrected chi connectivity index (χ3v) is 5.68. The second-order valence-electron chi connectivity index (χ2n) is 7.85. The molecular formula is C21H30N4O6. The van der Waals surface area contributed by atoms with Crippen molar-refractivity contribution in [3.05, 3.63) is 26.7 Å². The normalized spacial score (nSPS) is 15.3. The number of nitrogens with one attached hydrogen (secondary N) is 1. The summed E-state index contributed by atoms with van der Waals surface area (Å²) >= 11 is 0. The Bertz CT molecular complexity index is 1070. The fraction of sp³-hybridized carbons (Fsp3) is 0.667. The van der Waals surface area contributed by atoms with Gasteiger partial charge < -0.3 is 14.5 Å². The maximum atomic E-state index is 13.0. The lowest BCUT2D eigenvalue weighted by molar-refractivity contribution is -0.162. The minimum Gasteiger partial charge on any atom is -0.463 e. The quantitative estimate of drug-likeness (QED) is 0.595. The van der Waals surface area contributed by atoms with Crippen molar-refractivity contribution in [2.75, 3.05) is 13.2 Å². The van der Waals surface area contributed by atoms with Gasteiger partial charge in [-0.1, -0.05) is 26.7 Å². The average molecular weight is 434 g/mol. The summed E-state index contributed by atoms with van der Waals surface area (Å²) in [6.07, 6.45) is 3.86. The molecule has 3 rings (SSSR count). The summed E-state index contributed by atoms with van der Waals surface area (Å²) in [5.41, 5.74) is -1.46. The number of imidazole rings is 1. The first kappa shape index (κ1) is 22.8. The Morgan fingerprint density at radius 3 is 2.29 bits per heavy atom. The summed E-state index contributed by atoms with van der Waals surface area (Å²) < 4.78 is 12.8. The number of rotatable bonds is 9. The molecule has 10 heteroatoms. The monoisotopic (exact) mass is 434 g/mol. The lowest BCUT2D eigenvalue weighted by Crippen LogP contribution is -2.40. The third kappa shape index (κ3) is 4.15. The van der Waals surface area contributed by atoms with Gasteiger partial charge in [0.15, 0.2) is 12.3 Å². The zero-order valence-electron chi connectivity index (χ0n) is 18.4. The van der Waals surface area contributed by atoms with Crippen LogP contribution in [0.2, 0.25) is 0 Å². The molecule has 1 fully saturated rings. The van der Waals surface area contributed by atoms with E-state index in [4.69, 9.17) is 9.47 Å². The van der Waals surface area contributed by atoms with E-state index in [1.807, 2.05) is 13.8 Å². The van der Waals surface area contributed by atoms with Crippen LogP contribution in [0.15, 0.2) is 9.59 Å². The van der Waals surface area contributed by atoms with Gasteiger partial charge in [0.2, 0.25) is 0 Å². The van der Waals surface area contributed by atoms with Crippen LogP contribution in [0.3, 0.4) is 0 Å². The van der Waals surface area contributed by atoms with Crippen LogP contribution in [0.5, 0.6) is 0 Å². The van der Waals surface area contributed by atoms with Crippen LogP contribution in [-0.2, 0) is 37.6 Å². The molecule has 0 aliphatic heterocycles. The van der Waals surface area contributed by atoms with Crippen LogP contribution < -0.4 is 11.2 Å². The minimum absolute atomic E-state index is 0.199. The zero-order valence-corrected chi connectivity index (χ0v) is 18.4. The number of ether oxygens (including phenoxy) is 2. The number of carbonyl (C=O) groups excluding carboxylic acids is 2. The van der Waals surface area contributed by atoms with Crippen LogP contribution in [0, 0.1) is 0 Å². The molecule has 0 unspecified atom stereocenters. The number of nitrogens with zero attached hydrogens (tertiary/aromatic N) is 3. The van der Waals surface area contributed by atoms with Crippen LogP contribution in [0.4, 0.5) is 0 Å². The maximum absolute atomic E-state index is 13.0. The molecule has 0 bridgehead atoms. The Labute approximate surface area is 179 Å². The van der Waals surface area contributed by atoms with Crippen molar-refractivity contribution < 1.29 is 19.1 Å². The highest BCUT2D eigenvalue weighted by molar-refractivity contribution is 5.86. The van der Waals surface area contributed by atoms with E-state index in [1.165, 1.54) is 9.13 Å². The highest BCUT2D eigenvalue weighted by Crippen LogP contribution is 2.41. The average Bonchev–Trinajstić information content (AvgIpc) is 3.41.